The maximum atomic E-state index is 12.5. The molecule has 1 aromatic rings. The van der Waals surface area contributed by atoms with Crippen molar-refractivity contribution in [3.05, 3.63) is 42.2 Å². The maximum absolute atomic E-state index is 12.5. The first-order valence-electron chi connectivity index (χ1n) is 4.07. The maximum Gasteiger partial charge on any atom is 0.123 e. The van der Waals surface area contributed by atoms with Crippen molar-refractivity contribution in [1.29, 1.82) is 0 Å². The third-order valence-electron chi connectivity index (χ3n) is 1.73. The average molecular weight is 217 g/mol. The van der Waals surface area contributed by atoms with Crippen molar-refractivity contribution in [2.75, 3.05) is 13.6 Å². The molecule has 2 N–H and O–H groups in total. The Kier molecular flexibility index (Phi) is 6.12. The number of hydrazine groups is 1. The minimum Gasteiger partial charge on any atom is -0.261 e. The summed E-state index contributed by atoms with van der Waals surface area (Å²) in [5, 5.41) is 0. The SMILES string of the molecule is C=C(CNNC)c1ccc(F)cc1.Cl. The van der Waals surface area contributed by atoms with E-state index < -0.39 is 0 Å². The fourth-order valence-corrected chi connectivity index (χ4v) is 0.983. The molecule has 0 aliphatic rings. The molecule has 1 aromatic carbocycles. The lowest BCUT2D eigenvalue weighted by atomic mass is 10.1. The molecule has 0 aliphatic heterocycles. The zero-order chi connectivity index (χ0) is 9.68. The van der Waals surface area contributed by atoms with Crippen LogP contribution in [0.3, 0.4) is 0 Å². The van der Waals surface area contributed by atoms with Gasteiger partial charge in [0.15, 0.2) is 0 Å². The molecular weight excluding hydrogens is 203 g/mol. The number of nitrogens with one attached hydrogen (secondary N) is 2. The van der Waals surface area contributed by atoms with Crippen molar-refractivity contribution in [1.82, 2.24) is 10.9 Å². The monoisotopic (exact) mass is 216 g/mol. The van der Waals surface area contributed by atoms with E-state index in [1.165, 1.54) is 12.1 Å². The van der Waals surface area contributed by atoms with Gasteiger partial charge in [0.2, 0.25) is 0 Å². The van der Waals surface area contributed by atoms with Gasteiger partial charge in [0.1, 0.15) is 5.82 Å². The van der Waals surface area contributed by atoms with Crippen LogP contribution in [0.4, 0.5) is 4.39 Å². The second-order valence-electron chi connectivity index (χ2n) is 2.71. The molecule has 4 heteroatoms. The fraction of sp³-hybridized carbons (Fsp3) is 0.200. The smallest absolute Gasteiger partial charge is 0.123 e. The van der Waals surface area contributed by atoms with Crippen molar-refractivity contribution in [3.8, 4) is 0 Å². The van der Waals surface area contributed by atoms with Crippen LogP contribution in [0.1, 0.15) is 5.56 Å². The second kappa shape index (κ2) is 6.54. The zero-order valence-electron chi connectivity index (χ0n) is 8.01. The van der Waals surface area contributed by atoms with Gasteiger partial charge in [0, 0.05) is 6.54 Å². The normalized spacial score (nSPS) is 9.29. The van der Waals surface area contributed by atoms with Gasteiger partial charge in [0.05, 0.1) is 0 Å². The Morgan fingerprint density at radius 2 is 1.93 bits per heavy atom. The minimum absolute atomic E-state index is 0. The molecular formula is C10H14ClFN2. The molecule has 78 valence electrons. The summed E-state index contributed by atoms with van der Waals surface area (Å²) in [7, 11) is 1.79. The van der Waals surface area contributed by atoms with Crippen LogP contribution in [0.5, 0.6) is 0 Å². The molecule has 0 heterocycles. The topological polar surface area (TPSA) is 24.1 Å². The summed E-state index contributed by atoms with van der Waals surface area (Å²) in [5.74, 6) is -0.224. The van der Waals surface area contributed by atoms with E-state index >= 15 is 0 Å². The second-order valence-corrected chi connectivity index (χ2v) is 2.71. The van der Waals surface area contributed by atoms with Gasteiger partial charge >= 0.3 is 0 Å². The van der Waals surface area contributed by atoms with Crippen molar-refractivity contribution in [2.45, 2.75) is 0 Å². The molecule has 0 amide bonds. The molecule has 0 aromatic heterocycles. The standard InChI is InChI=1S/C10H13FN2.ClH/c1-8(7-13-12-2)9-3-5-10(11)6-4-9;/h3-6,12-13H,1,7H2,2H3;1H. The first-order valence-corrected chi connectivity index (χ1v) is 4.07. The van der Waals surface area contributed by atoms with E-state index in [9.17, 15) is 4.39 Å². The molecule has 0 fully saturated rings. The Morgan fingerprint density at radius 3 is 2.43 bits per heavy atom. The van der Waals surface area contributed by atoms with Gasteiger partial charge in [-0.25, -0.2) is 4.39 Å². The Morgan fingerprint density at radius 1 is 1.36 bits per heavy atom. The van der Waals surface area contributed by atoms with Crippen molar-refractivity contribution in [3.63, 3.8) is 0 Å². The van der Waals surface area contributed by atoms with E-state index in [1.54, 1.807) is 19.2 Å². The third-order valence-corrected chi connectivity index (χ3v) is 1.73. The number of rotatable bonds is 4. The fourth-order valence-electron chi connectivity index (χ4n) is 0.983. The van der Waals surface area contributed by atoms with E-state index in [0.29, 0.717) is 6.54 Å². The van der Waals surface area contributed by atoms with E-state index in [4.69, 9.17) is 0 Å². The Labute approximate surface area is 89.6 Å². The van der Waals surface area contributed by atoms with Crippen LogP contribution in [-0.4, -0.2) is 13.6 Å². The lowest BCUT2D eigenvalue weighted by molar-refractivity contribution is 0.627. The van der Waals surface area contributed by atoms with E-state index in [1.807, 2.05) is 0 Å². The summed E-state index contributed by atoms with van der Waals surface area (Å²) in [5.41, 5.74) is 7.59. The van der Waals surface area contributed by atoms with E-state index in [2.05, 4.69) is 17.4 Å². The molecule has 1 rings (SSSR count). The minimum atomic E-state index is -0.224. The Balaban J connectivity index is 0.00000169. The van der Waals surface area contributed by atoms with Crippen LogP contribution in [0.2, 0.25) is 0 Å². The molecule has 0 radical (unpaired) electrons. The van der Waals surface area contributed by atoms with Crippen LogP contribution in [0.25, 0.3) is 5.57 Å². The van der Waals surface area contributed by atoms with Gasteiger partial charge < -0.3 is 0 Å². The Bertz CT molecular complexity index is 285. The highest BCUT2D eigenvalue weighted by molar-refractivity contribution is 5.85. The molecule has 0 aliphatic carbocycles. The van der Waals surface area contributed by atoms with E-state index in [0.717, 1.165) is 11.1 Å². The molecule has 0 spiro atoms. The summed E-state index contributed by atoms with van der Waals surface area (Å²) in [6, 6.07) is 6.30. The van der Waals surface area contributed by atoms with Crippen molar-refractivity contribution in [2.24, 2.45) is 0 Å². The van der Waals surface area contributed by atoms with Crippen molar-refractivity contribution < 1.29 is 4.39 Å². The van der Waals surface area contributed by atoms with Gasteiger partial charge in [-0.05, 0) is 30.3 Å². The van der Waals surface area contributed by atoms with Gasteiger partial charge in [0.25, 0.3) is 0 Å². The molecule has 0 atom stereocenters. The highest BCUT2D eigenvalue weighted by Crippen LogP contribution is 2.11. The van der Waals surface area contributed by atoms with Crippen LogP contribution >= 0.6 is 12.4 Å². The highest BCUT2D eigenvalue weighted by atomic mass is 35.5. The van der Waals surface area contributed by atoms with Crippen LogP contribution in [0, 0.1) is 5.82 Å². The summed E-state index contributed by atoms with van der Waals surface area (Å²) in [6.07, 6.45) is 0. The predicted octanol–water partition coefficient (Wildman–Crippen LogP) is 1.98. The van der Waals surface area contributed by atoms with Gasteiger partial charge in [-0.2, -0.15) is 0 Å². The lowest BCUT2D eigenvalue weighted by Crippen LogP contribution is -2.28. The number of hydrogen-bond acceptors (Lipinski definition) is 2. The van der Waals surface area contributed by atoms with Crippen LogP contribution in [0.15, 0.2) is 30.8 Å². The largest absolute Gasteiger partial charge is 0.261 e. The van der Waals surface area contributed by atoms with E-state index in [-0.39, 0.29) is 18.2 Å². The molecule has 2 nitrogen and oxygen atoms in total. The summed E-state index contributed by atoms with van der Waals surface area (Å²) in [4.78, 5) is 0. The first-order chi connectivity index (χ1) is 6.24. The number of benzene rings is 1. The number of halogens is 2. The Hall–Kier alpha value is -0.900. The summed E-state index contributed by atoms with van der Waals surface area (Å²) < 4.78 is 12.5. The van der Waals surface area contributed by atoms with Gasteiger partial charge in [-0.15, -0.1) is 12.4 Å². The first kappa shape index (κ1) is 13.1. The predicted molar refractivity (Wildman–Crippen MR) is 59.7 cm³/mol. The molecule has 0 saturated carbocycles. The molecule has 0 bridgehead atoms. The summed E-state index contributed by atoms with van der Waals surface area (Å²) in [6.45, 7) is 4.51. The van der Waals surface area contributed by atoms with Crippen LogP contribution in [-0.2, 0) is 0 Å². The van der Waals surface area contributed by atoms with Gasteiger partial charge in [-0.1, -0.05) is 18.7 Å². The zero-order valence-corrected chi connectivity index (χ0v) is 8.83. The third kappa shape index (κ3) is 3.87. The molecule has 0 unspecified atom stereocenters. The molecule has 0 saturated heterocycles. The molecule has 14 heavy (non-hydrogen) atoms. The highest BCUT2D eigenvalue weighted by Gasteiger charge is 1.97. The van der Waals surface area contributed by atoms with Crippen molar-refractivity contribution >= 4 is 18.0 Å². The average Bonchev–Trinajstić information content (AvgIpc) is 2.15. The number of hydrogen-bond donors (Lipinski definition) is 2. The van der Waals surface area contributed by atoms with Gasteiger partial charge in [-0.3, -0.25) is 10.9 Å². The lowest BCUT2D eigenvalue weighted by Gasteiger charge is -2.06. The van der Waals surface area contributed by atoms with Crippen LogP contribution < -0.4 is 10.9 Å². The summed E-state index contributed by atoms with van der Waals surface area (Å²) >= 11 is 0. The quantitative estimate of drug-likeness (QED) is 0.753.